The van der Waals surface area contributed by atoms with E-state index < -0.39 is 14.8 Å². The maximum Gasteiger partial charge on any atom is 0.500 e. The number of carbonyl (C=O) groups is 1. The van der Waals surface area contributed by atoms with Gasteiger partial charge in [-0.2, -0.15) is 0 Å². The number of hydrogen-bond donors (Lipinski definition) is 2. The smallest absolute Gasteiger partial charge is 0.481 e. The third-order valence-electron chi connectivity index (χ3n) is 3.42. The van der Waals surface area contributed by atoms with Gasteiger partial charge >= 0.3 is 14.8 Å². The minimum atomic E-state index is -2.49. The number of aliphatic carboxylic acids is 1. The number of unbranched alkanes of at least 4 members (excludes halogenated alkanes) is 1. The molecule has 6 nitrogen and oxygen atoms in total. The standard InChI is InChI=1S/C13H29NO5Si/c1-5-6-8-12(13(15)16)11-14-9-7-10-20(17-2,18-3)19-4/h12,14H,5-11H2,1-4H3,(H,15,16). The van der Waals surface area contributed by atoms with Crippen molar-refractivity contribution in [3.63, 3.8) is 0 Å². The highest BCUT2D eigenvalue weighted by Crippen LogP contribution is 2.14. The van der Waals surface area contributed by atoms with Crippen molar-refractivity contribution in [2.45, 2.75) is 38.7 Å². The Labute approximate surface area is 123 Å². The van der Waals surface area contributed by atoms with Crippen molar-refractivity contribution in [2.75, 3.05) is 34.4 Å². The van der Waals surface area contributed by atoms with Crippen LogP contribution in [0.1, 0.15) is 32.6 Å². The average Bonchev–Trinajstić information content (AvgIpc) is 2.46. The molecule has 0 amide bonds. The molecule has 0 spiro atoms. The molecule has 0 heterocycles. The second kappa shape index (κ2) is 11.2. The molecule has 0 aromatic heterocycles. The Balaban J connectivity index is 3.91. The van der Waals surface area contributed by atoms with E-state index in [0.717, 1.165) is 38.3 Å². The van der Waals surface area contributed by atoms with Gasteiger partial charge in [0.15, 0.2) is 0 Å². The van der Waals surface area contributed by atoms with Gasteiger partial charge in [-0.25, -0.2) is 0 Å². The van der Waals surface area contributed by atoms with Crippen molar-refractivity contribution in [3.8, 4) is 0 Å². The molecule has 120 valence electrons. The summed E-state index contributed by atoms with van der Waals surface area (Å²) in [6.07, 6.45) is 3.53. The summed E-state index contributed by atoms with van der Waals surface area (Å²) in [7, 11) is 2.29. The van der Waals surface area contributed by atoms with E-state index in [4.69, 9.17) is 18.4 Å². The van der Waals surface area contributed by atoms with Crippen molar-refractivity contribution in [1.29, 1.82) is 0 Å². The van der Waals surface area contributed by atoms with Crippen LogP contribution in [-0.4, -0.2) is 54.3 Å². The Morgan fingerprint density at radius 3 is 2.25 bits per heavy atom. The third-order valence-corrected chi connectivity index (χ3v) is 6.25. The first-order valence-corrected chi connectivity index (χ1v) is 9.07. The Morgan fingerprint density at radius 1 is 1.20 bits per heavy atom. The lowest BCUT2D eigenvalue weighted by molar-refractivity contribution is -0.141. The molecule has 0 saturated heterocycles. The van der Waals surface area contributed by atoms with Crippen LogP contribution in [0.2, 0.25) is 6.04 Å². The molecule has 7 heteroatoms. The molecule has 0 rings (SSSR count). The maximum absolute atomic E-state index is 11.1. The fourth-order valence-electron chi connectivity index (χ4n) is 2.03. The van der Waals surface area contributed by atoms with Crippen LogP contribution in [0.25, 0.3) is 0 Å². The first-order chi connectivity index (χ1) is 9.55. The summed E-state index contributed by atoms with van der Waals surface area (Å²) in [5, 5.41) is 12.3. The van der Waals surface area contributed by atoms with Crippen LogP contribution >= 0.6 is 0 Å². The van der Waals surface area contributed by atoms with Gasteiger partial charge in [0, 0.05) is 33.9 Å². The molecule has 2 N–H and O–H groups in total. The van der Waals surface area contributed by atoms with E-state index in [0.29, 0.717) is 6.54 Å². The van der Waals surface area contributed by atoms with Crippen LogP contribution < -0.4 is 5.32 Å². The van der Waals surface area contributed by atoms with E-state index in [9.17, 15) is 4.79 Å². The molecule has 0 bridgehead atoms. The predicted molar refractivity (Wildman–Crippen MR) is 79.7 cm³/mol. The van der Waals surface area contributed by atoms with E-state index in [2.05, 4.69) is 12.2 Å². The fraction of sp³-hybridized carbons (Fsp3) is 0.923. The highest BCUT2D eigenvalue weighted by Gasteiger charge is 2.36. The van der Waals surface area contributed by atoms with E-state index in [1.807, 2.05) is 0 Å². The van der Waals surface area contributed by atoms with Crippen molar-refractivity contribution in [1.82, 2.24) is 5.32 Å². The Hall–Kier alpha value is -0.473. The SMILES string of the molecule is CCCCC(CNCCC[Si](OC)(OC)OC)C(=O)O. The number of hydrogen-bond acceptors (Lipinski definition) is 5. The Kier molecular flexibility index (Phi) is 10.9. The number of carboxylic acid groups (broad SMARTS) is 1. The van der Waals surface area contributed by atoms with Gasteiger partial charge in [-0.3, -0.25) is 4.79 Å². The first-order valence-electron chi connectivity index (χ1n) is 7.14. The summed E-state index contributed by atoms with van der Waals surface area (Å²) in [6, 6.07) is 0.718. The molecule has 1 unspecified atom stereocenters. The molecular formula is C13H29NO5Si. The molecule has 0 radical (unpaired) electrons. The van der Waals surface area contributed by atoms with Crippen LogP contribution in [0.4, 0.5) is 0 Å². The average molecular weight is 307 g/mol. The normalized spacial score (nSPS) is 13.4. The van der Waals surface area contributed by atoms with Gasteiger partial charge in [-0.05, 0) is 19.4 Å². The molecule has 0 aromatic carbocycles. The lowest BCUT2D eigenvalue weighted by Crippen LogP contribution is -2.43. The van der Waals surface area contributed by atoms with Crippen molar-refractivity contribution in [3.05, 3.63) is 0 Å². The zero-order valence-corrected chi connectivity index (χ0v) is 14.1. The third kappa shape index (κ3) is 7.35. The monoisotopic (exact) mass is 307 g/mol. The predicted octanol–water partition coefficient (Wildman–Crippen LogP) is 1.74. The molecule has 0 aromatic rings. The number of nitrogens with one attached hydrogen (secondary N) is 1. The summed E-state index contributed by atoms with van der Waals surface area (Å²) >= 11 is 0. The Bertz CT molecular complexity index is 253. The lowest BCUT2D eigenvalue weighted by atomic mass is 10.0. The lowest BCUT2D eigenvalue weighted by Gasteiger charge is -2.24. The summed E-state index contributed by atoms with van der Waals surface area (Å²) in [6.45, 7) is 3.31. The highest BCUT2D eigenvalue weighted by atomic mass is 28.4. The molecule has 0 saturated carbocycles. The Morgan fingerprint density at radius 2 is 1.80 bits per heavy atom. The second-order valence-electron chi connectivity index (χ2n) is 4.78. The molecule has 1 atom stereocenters. The topological polar surface area (TPSA) is 77.0 Å². The van der Waals surface area contributed by atoms with Gasteiger partial charge < -0.3 is 23.7 Å². The fourth-order valence-corrected chi connectivity index (χ4v) is 3.75. The van der Waals surface area contributed by atoms with Crippen molar-refractivity contribution < 1.29 is 23.2 Å². The van der Waals surface area contributed by atoms with Crippen LogP contribution in [0, 0.1) is 5.92 Å². The van der Waals surface area contributed by atoms with Gasteiger partial charge in [0.25, 0.3) is 0 Å². The summed E-state index contributed by atoms with van der Waals surface area (Å²) in [4.78, 5) is 11.1. The van der Waals surface area contributed by atoms with E-state index in [1.54, 1.807) is 21.3 Å². The van der Waals surface area contributed by atoms with E-state index in [-0.39, 0.29) is 5.92 Å². The zero-order valence-electron chi connectivity index (χ0n) is 13.1. The minimum absolute atomic E-state index is 0.302. The quantitative estimate of drug-likeness (QED) is 0.399. The van der Waals surface area contributed by atoms with Gasteiger partial charge in [0.2, 0.25) is 0 Å². The minimum Gasteiger partial charge on any atom is -0.481 e. The number of carboxylic acids is 1. The van der Waals surface area contributed by atoms with Crippen molar-refractivity contribution >= 4 is 14.8 Å². The molecule has 0 aliphatic rings. The number of rotatable bonds is 13. The largest absolute Gasteiger partial charge is 0.500 e. The molecular weight excluding hydrogens is 278 g/mol. The van der Waals surface area contributed by atoms with Crippen LogP contribution in [0.3, 0.4) is 0 Å². The summed E-state index contributed by atoms with van der Waals surface area (Å²) in [5.41, 5.74) is 0. The van der Waals surface area contributed by atoms with Crippen LogP contribution in [-0.2, 0) is 18.1 Å². The van der Waals surface area contributed by atoms with Crippen molar-refractivity contribution in [2.24, 2.45) is 5.92 Å². The zero-order chi connectivity index (χ0) is 15.4. The van der Waals surface area contributed by atoms with Crippen LogP contribution in [0.5, 0.6) is 0 Å². The molecule has 20 heavy (non-hydrogen) atoms. The summed E-state index contributed by atoms with van der Waals surface area (Å²) in [5.74, 6) is -1.02. The second-order valence-corrected chi connectivity index (χ2v) is 7.87. The molecule has 0 fully saturated rings. The van der Waals surface area contributed by atoms with Gasteiger partial charge in [-0.1, -0.05) is 19.8 Å². The first kappa shape index (κ1) is 19.5. The highest BCUT2D eigenvalue weighted by molar-refractivity contribution is 6.60. The van der Waals surface area contributed by atoms with Gasteiger partial charge in [-0.15, -0.1) is 0 Å². The maximum atomic E-state index is 11.1. The summed E-state index contributed by atoms with van der Waals surface area (Å²) < 4.78 is 16.0. The molecule has 0 aliphatic carbocycles. The molecule has 0 aliphatic heterocycles. The van der Waals surface area contributed by atoms with Crippen LogP contribution in [0.15, 0.2) is 0 Å². The van der Waals surface area contributed by atoms with Gasteiger partial charge in [0.05, 0.1) is 5.92 Å². The van der Waals surface area contributed by atoms with E-state index >= 15 is 0 Å². The van der Waals surface area contributed by atoms with E-state index in [1.165, 1.54) is 0 Å². The van der Waals surface area contributed by atoms with Gasteiger partial charge in [0.1, 0.15) is 0 Å².